The minimum atomic E-state index is -0.476. The first kappa shape index (κ1) is 17.2. The number of ether oxygens (including phenoxy) is 1. The second-order valence-corrected chi connectivity index (χ2v) is 6.36. The van der Waals surface area contributed by atoms with E-state index in [4.69, 9.17) is 16.3 Å². The Morgan fingerprint density at radius 3 is 2.76 bits per heavy atom. The zero-order valence-electron chi connectivity index (χ0n) is 12.8. The number of amides is 1. The molecule has 0 radical (unpaired) electrons. The number of carbonyl (C=O) groups is 2. The lowest BCUT2D eigenvalue weighted by Gasteiger charge is -2.05. The van der Waals surface area contributed by atoms with E-state index in [1.165, 1.54) is 18.0 Å². The number of rotatable bonds is 4. The summed E-state index contributed by atoms with van der Waals surface area (Å²) in [6.45, 7) is 0. The molecular weight excluding hydrogens is 362 g/mol. The predicted octanol–water partition coefficient (Wildman–Crippen LogP) is 3.11. The number of nitrogens with one attached hydrogen (secondary N) is 1. The molecule has 0 bridgehead atoms. The highest BCUT2D eigenvalue weighted by atomic mass is 35.5. The molecule has 0 unspecified atom stereocenters. The number of nitrogens with zero attached hydrogens (tertiary/aromatic N) is 2. The topological polar surface area (TPSA) is 80.1 Å². The molecule has 3 rings (SSSR count). The van der Waals surface area contributed by atoms with E-state index in [9.17, 15) is 9.59 Å². The van der Waals surface area contributed by atoms with Crippen LogP contribution < -0.4 is 10.1 Å². The van der Waals surface area contributed by atoms with Crippen LogP contribution in [0.1, 0.15) is 15.9 Å². The van der Waals surface area contributed by atoms with Crippen molar-refractivity contribution in [1.82, 2.24) is 5.32 Å². The van der Waals surface area contributed by atoms with Gasteiger partial charge in [0.05, 0.1) is 17.5 Å². The minimum Gasteiger partial charge on any atom is -0.423 e. The fraction of sp³-hybridized carbons (Fsp3) is 0.0588. The molecule has 2 aromatic carbocycles. The van der Waals surface area contributed by atoms with E-state index in [0.29, 0.717) is 32.8 Å². The van der Waals surface area contributed by atoms with Crippen LogP contribution in [-0.2, 0) is 4.79 Å². The lowest BCUT2D eigenvalue weighted by atomic mass is 10.2. The van der Waals surface area contributed by atoms with E-state index in [1.807, 2.05) is 0 Å². The fourth-order valence-electron chi connectivity index (χ4n) is 1.94. The van der Waals surface area contributed by atoms with Gasteiger partial charge >= 0.3 is 5.97 Å². The third kappa shape index (κ3) is 4.91. The van der Waals surface area contributed by atoms with Gasteiger partial charge < -0.3 is 10.1 Å². The van der Waals surface area contributed by atoms with Crippen LogP contribution in [0.2, 0.25) is 5.02 Å². The molecule has 126 valence electrons. The molecule has 1 aliphatic rings. The van der Waals surface area contributed by atoms with Gasteiger partial charge in [0.2, 0.25) is 5.91 Å². The summed E-state index contributed by atoms with van der Waals surface area (Å²) < 4.78 is 5.33. The van der Waals surface area contributed by atoms with Gasteiger partial charge in [0.15, 0.2) is 5.17 Å². The molecule has 1 amide bonds. The highest BCUT2D eigenvalue weighted by Gasteiger charge is 2.15. The molecule has 0 saturated carbocycles. The molecule has 0 aliphatic carbocycles. The molecule has 0 spiro atoms. The molecule has 0 aromatic heterocycles. The molecule has 2 aromatic rings. The smallest absolute Gasteiger partial charge is 0.343 e. The molecule has 1 fully saturated rings. The fourth-order valence-corrected chi connectivity index (χ4v) is 2.69. The number of esters is 1. The van der Waals surface area contributed by atoms with E-state index >= 15 is 0 Å². The third-order valence-electron chi connectivity index (χ3n) is 3.09. The van der Waals surface area contributed by atoms with Crippen LogP contribution in [0.15, 0.2) is 58.7 Å². The Hall–Kier alpha value is -2.64. The van der Waals surface area contributed by atoms with E-state index < -0.39 is 5.97 Å². The maximum absolute atomic E-state index is 12.1. The molecule has 8 heteroatoms. The summed E-state index contributed by atoms with van der Waals surface area (Å²) in [5, 5.41) is 11.4. The standard InChI is InChI=1S/C17H12ClN3O3S/c18-13-6-4-12(5-7-13)16(23)24-14-3-1-2-11(8-14)9-19-21-17-20-15(22)10-25-17/h1-9H,10H2,(H,20,21,22). The van der Waals surface area contributed by atoms with Gasteiger partial charge in [-0.1, -0.05) is 35.5 Å². The van der Waals surface area contributed by atoms with Crippen molar-refractivity contribution in [2.45, 2.75) is 0 Å². The number of carbonyl (C=O) groups excluding carboxylic acids is 2. The molecule has 6 nitrogen and oxygen atoms in total. The van der Waals surface area contributed by atoms with Crippen molar-refractivity contribution in [2.24, 2.45) is 10.2 Å². The molecule has 1 aliphatic heterocycles. The van der Waals surface area contributed by atoms with Gasteiger partial charge in [0.1, 0.15) is 5.75 Å². The first-order valence-corrected chi connectivity index (χ1v) is 8.58. The van der Waals surface area contributed by atoms with Crippen molar-refractivity contribution in [3.8, 4) is 5.75 Å². The molecule has 1 heterocycles. The summed E-state index contributed by atoms with van der Waals surface area (Å²) in [5.41, 5.74) is 1.11. The molecule has 25 heavy (non-hydrogen) atoms. The quantitative estimate of drug-likeness (QED) is 0.386. The number of benzene rings is 2. The lowest BCUT2D eigenvalue weighted by molar-refractivity contribution is -0.116. The van der Waals surface area contributed by atoms with Gasteiger partial charge in [-0.2, -0.15) is 5.10 Å². The van der Waals surface area contributed by atoms with E-state index in [1.54, 1.807) is 48.5 Å². The maximum atomic E-state index is 12.1. The second kappa shape index (κ2) is 7.96. The highest BCUT2D eigenvalue weighted by molar-refractivity contribution is 8.15. The van der Waals surface area contributed by atoms with E-state index in [-0.39, 0.29) is 5.91 Å². The van der Waals surface area contributed by atoms with Crippen molar-refractivity contribution in [3.05, 3.63) is 64.7 Å². The number of hydrogen-bond donors (Lipinski definition) is 1. The summed E-state index contributed by atoms with van der Waals surface area (Å²) >= 11 is 7.09. The van der Waals surface area contributed by atoms with Crippen LogP contribution in [0.4, 0.5) is 0 Å². The Labute approximate surface area is 152 Å². The van der Waals surface area contributed by atoms with Gasteiger partial charge in [-0.25, -0.2) is 4.79 Å². The Morgan fingerprint density at radius 1 is 1.24 bits per heavy atom. The van der Waals surface area contributed by atoms with Crippen LogP contribution in [0.5, 0.6) is 5.75 Å². The van der Waals surface area contributed by atoms with Crippen molar-refractivity contribution >= 4 is 46.6 Å². The average Bonchev–Trinajstić information content (AvgIpc) is 3.01. The minimum absolute atomic E-state index is 0.0879. The monoisotopic (exact) mass is 373 g/mol. The second-order valence-electron chi connectivity index (χ2n) is 4.96. The Balaban J connectivity index is 1.66. The van der Waals surface area contributed by atoms with Gasteiger partial charge in [0, 0.05) is 5.02 Å². The first-order valence-electron chi connectivity index (χ1n) is 7.22. The maximum Gasteiger partial charge on any atom is 0.343 e. The van der Waals surface area contributed by atoms with Crippen LogP contribution in [0, 0.1) is 0 Å². The Kier molecular flexibility index (Phi) is 5.47. The van der Waals surface area contributed by atoms with E-state index in [2.05, 4.69) is 15.5 Å². The van der Waals surface area contributed by atoms with Gasteiger partial charge in [-0.3, -0.25) is 4.79 Å². The summed E-state index contributed by atoms with van der Waals surface area (Å²) in [7, 11) is 0. The summed E-state index contributed by atoms with van der Waals surface area (Å²) in [5.74, 6) is 0.177. The molecule has 1 N–H and O–H groups in total. The number of thioether (sulfide) groups is 1. The van der Waals surface area contributed by atoms with Gasteiger partial charge in [-0.15, -0.1) is 5.10 Å². The Morgan fingerprint density at radius 2 is 2.04 bits per heavy atom. The van der Waals surface area contributed by atoms with Crippen LogP contribution >= 0.6 is 23.4 Å². The summed E-state index contributed by atoms with van der Waals surface area (Å²) in [6, 6.07) is 13.3. The SMILES string of the molecule is O=C1CSC(=NN=Cc2cccc(OC(=O)c3ccc(Cl)cc3)c2)N1. The Bertz CT molecular complexity index is 866. The molecule has 0 atom stereocenters. The number of amidine groups is 1. The summed E-state index contributed by atoms with van der Waals surface area (Å²) in [4.78, 5) is 23.1. The van der Waals surface area contributed by atoms with E-state index in [0.717, 1.165) is 0 Å². The third-order valence-corrected chi connectivity index (χ3v) is 4.21. The van der Waals surface area contributed by atoms with Crippen LogP contribution in [0.3, 0.4) is 0 Å². The highest BCUT2D eigenvalue weighted by Crippen LogP contribution is 2.16. The van der Waals surface area contributed by atoms with Crippen molar-refractivity contribution in [1.29, 1.82) is 0 Å². The average molecular weight is 374 g/mol. The summed E-state index contributed by atoms with van der Waals surface area (Å²) in [6.07, 6.45) is 1.51. The lowest BCUT2D eigenvalue weighted by Crippen LogP contribution is -2.19. The first-order chi connectivity index (χ1) is 12.1. The number of hydrogen-bond acceptors (Lipinski definition) is 6. The largest absolute Gasteiger partial charge is 0.423 e. The van der Waals surface area contributed by atoms with Crippen molar-refractivity contribution in [2.75, 3.05) is 5.75 Å². The normalized spacial score (nSPS) is 15.6. The predicted molar refractivity (Wildman–Crippen MR) is 98.5 cm³/mol. The zero-order chi connectivity index (χ0) is 17.6. The van der Waals surface area contributed by atoms with Crippen molar-refractivity contribution in [3.63, 3.8) is 0 Å². The van der Waals surface area contributed by atoms with Crippen molar-refractivity contribution < 1.29 is 14.3 Å². The van der Waals surface area contributed by atoms with Crippen LogP contribution in [0.25, 0.3) is 0 Å². The van der Waals surface area contributed by atoms with Gasteiger partial charge in [0.25, 0.3) is 0 Å². The molecular formula is C17H12ClN3O3S. The molecule has 1 saturated heterocycles. The van der Waals surface area contributed by atoms with Crippen LogP contribution in [-0.4, -0.2) is 29.0 Å². The zero-order valence-corrected chi connectivity index (χ0v) is 14.4. The number of halogens is 1. The van der Waals surface area contributed by atoms with Gasteiger partial charge in [-0.05, 0) is 42.0 Å².